The topological polar surface area (TPSA) is 6.48 Å². The molecule has 128 valence electrons. The Labute approximate surface area is 151 Å². The quantitative estimate of drug-likeness (QED) is 0.789. The lowest BCUT2D eigenvalue weighted by atomic mass is 9.94. The van der Waals surface area contributed by atoms with E-state index in [0.29, 0.717) is 0 Å². The Morgan fingerprint density at radius 1 is 0.917 bits per heavy atom. The molecule has 2 aromatic carbocycles. The normalized spacial score (nSPS) is 16.5. The summed E-state index contributed by atoms with van der Waals surface area (Å²) >= 11 is 6.39. The van der Waals surface area contributed by atoms with Gasteiger partial charge in [0, 0.05) is 36.8 Å². The second-order valence-corrected chi connectivity index (χ2v) is 7.23. The Morgan fingerprint density at radius 2 is 1.62 bits per heavy atom. The average Bonchev–Trinajstić information content (AvgIpc) is 2.59. The highest BCUT2D eigenvalue weighted by molar-refractivity contribution is 6.33. The molecule has 3 heteroatoms. The minimum Gasteiger partial charge on any atom is -0.304 e. The van der Waals surface area contributed by atoms with E-state index in [4.69, 9.17) is 11.6 Å². The molecular weight excluding hydrogens is 316 g/mol. The van der Waals surface area contributed by atoms with E-state index in [2.05, 4.69) is 54.1 Å². The number of likely N-dealkylation sites (N-methyl/N-ethyl adjacent to an activating group) is 1. The molecule has 0 saturated carbocycles. The Kier molecular flexibility index (Phi) is 5.94. The van der Waals surface area contributed by atoms with E-state index in [-0.39, 0.29) is 0 Å². The number of rotatable bonds is 5. The Hall–Kier alpha value is -1.35. The molecule has 0 bridgehead atoms. The summed E-state index contributed by atoms with van der Waals surface area (Å²) in [6.45, 7) is 8.22. The van der Waals surface area contributed by atoms with Crippen molar-refractivity contribution in [2.75, 3.05) is 39.8 Å². The van der Waals surface area contributed by atoms with Crippen LogP contribution >= 0.6 is 11.6 Å². The fraction of sp³-hybridized carbons (Fsp3) is 0.429. The first kappa shape index (κ1) is 17.5. The smallest absolute Gasteiger partial charge is 0.0484 e. The van der Waals surface area contributed by atoms with Crippen molar-refractivity contribution >= 4 is 11.6 Å². The first-order chi connectivity index (χ1) is 11.6. The summed E-state index contributed by atoms with van der Waals surface area (Å²) in [5.74, 6) is 0. The molecule has 1 fully saturated rings. The van der Waals surface area contributed by atoms with Gasteiger partial charge in [-0.15, -0.1) is 0 Å². The van der Waals surface area contributed by atoms with Crippen molar-refractivity contribution in [3.05, 3.63) is 58.6 Å². The lowest BCUT2D eigenvalue weighted by Crippen LogP contribution is -2.44. The maximum atomic E-state index is 6.39. The van der Waals surface area contributed by atoms with Gasteiger partial charge in [-0.05, 0) is 56.1 Å². The summed E-state index contributed by atoms with van der Waals surface area (Å²) in [5, 5.41) is 0.829. The summed E-state index contributed by atoms with van der Waals surface area (Å²) in [5.41, 5.74) is 5.21. The maximum Gasteiger partial charge on any atom is 0.0484 e. The van der Waals surface area contributed by atoms with Crippen molar-refractivity contribution in [2.24, 2.45) is 0 Å². The molecule has 0 amide bonds. The second-order valence-electron chi connectivity index (χ2n) is 6.82. The molecule has 0 atom stereocenters. The highest BCUT2D eigenvalue weighted by Gasteiger charge is 2.14. The molecule has 0 radical (unpaired) electrons. The SMILES string of the molecule is Cc1c(CCCN2CCN(C)CC2)cccc1-c1ccccc1Cl. The molecule has 0 aromatic heterocycles. The second kappa shape index (κ2) is 8.15. The predicted octanol–water partition coefficient (Wildman–Crippen LogP) is 4.50. The lowest BCUT2D eigenvalue weighted by Gasteiger charge is -2.32. The van der Waals surface area contributed by atoms with Crippen molar-refractivity contribution in [1.29, 1.82) is 0 Å². The zero-order chi connectivity index (χ0) is 16.9. The molecule has 1 saturated heterocycles. The molecule has 2 aromatic rings. The minimum absolute atomic E-state index is 0.829. The van der Waals surface area contributed by atoms with Crippen LogP contribution in [0.4, 0.5) is 0 Å². The van der Waals surface area contributed by atoms with Gasteiger partial charge in [0.1, 0.15) is 0 Å². The summed E-state index contributed by atoms with van der Waals surface area (Å²) in [6.07, 6.45) is 2.35. The van der Waals surface area contributed by atoms with E-state index in [1.807, 2.05) is 12.1 Å². The lowest BCUT2D eigenvalue weighted by molar-refractivity contribution is 0.153. The van der Waals surface area contributed by atoms with Crippen LogP contribution in [0, 0.1) is 6.92 Å². The fourth-order valence-corrected chi connectivity index (χ4v) is 3.73. The van der Waals surface area contributed by atoms with Gasteiger partial charge in [-0.3, -0.25) is 0 Å². The summed E-state index contributed by atoms with van der Waals surface area (Å²) in [7, 11) is 2.21. The van der Waals surface area contributed by atoms with Gasteiger partial charge < -0.3 is 9.80 Å². The van der Waals surface area contributed by atoms with Crippen molar-refractivity contribution in [1.82, 2.24) is 9.80 Å². The first-order valence-corrected chi connectivity index (χ1v) is 9.27. The molecular formula is C21H27ClN2. The van der Waals surface area contributed by atoms with E-state index in [0.717, 1.165) is 17.0 Å². The van der Waals surface area contributed by atoms with Crippen LogP contribution in [0.2, 0.25) is 5.02 Å². The van der Waals surface area contributed by atoms with Crippen LogP contribution in [0.15, 0.2) is 42.5 Å². The zero-order valence-electron chi connectivity index (χ0n) is 14.8. The molecule has 24 heavy (non-hydrogen) atoms. The Balaban J connectivity index is 1.65. The standard InChI is InChI=1S/C21H27ClN2/c1-17-18(8-6-12-24-15-13-23(2)14-16-24)7-5-10-19(17)20-9-3-4-11-21(20)22/h3-5,7,9-11H,6,8,12-16H2,1-2H3. The largest absolute Gasteiger partial charge is 0.304 e. The van der Waals surface area contributed by atoms with Gasteiger partial charge >= 0.3 is 0 Å². The van der Waals surface area contributed by atoms with E-state index in [1.54, 1.807) is 0 Å². The van der Waals surface area contributed by atoms with Gasteiger partial charge in [-0.1, -0.05) is 48.0 Å². The van der Waals surface area contributed by atoms with E-state index < -0.39 is 0 Å². The molecule has 1 heterocycles. The van der Waals surface area contributed by atoms with Crippen LogP contribution in [0.5, 0.6) is 0 Å². The number of hydrogen-bond donors (Lipinski definition) is 0. The number of piperazine rings is 1. The third-order valence-corrected chi connectivity index (χ3v) is 5.46. The molecule has 0 spiro atoms. The van der Waals surface area contributed by atoms with Gasteiger partial charge in [0.05, 0.1) is 0 Å². The average molecular weight is 343 g/mol. The third kappa shape index (κ3) is 4.18. The van der Waals surface area contributed by atoms with Crippen LogP contribution in [-0.2, 0) is 6.42 Å². The number of aryl methyl sites for hydroxylation is 1. The molecule has 2 nitrogen and oxygen atoms in total. The highest BCUT2D eigenvalue weighted by atomic mass is 35.5. The summed E-state index contributed by atoms with van der Waals surface area (Å²) < 4.78 is 0. The monoisotopic (exact) mass is 342 g/mol. The van der Waals surface area contributed by atoms with Gasteiger partial charge in [-0.2, -0.15) is 0 Å². The Morgan fingerprint density at radius 3 is 2.38 bits per heavy atom. The van der Waals surface area contributed by atoms with Gasteiger partial charge in [0.25, 0.3) is 0 Å². The van der Waals surface area contributed by atoms with Gasteiger partial charge in [0.2, 0.25) is 0 Å². The summed E-state index contributed by atoms with van der Waals surface area (Å²) in [4.78, 5) is 5.00. The molecule has 0 unspecified atom stereocenters. The van der Waals surface area contributed by atoms with Crippen LogP contribution in [0.25, 0.3) is 11.1 Å². The summed E-state index contributed by atoms with van der Waals surface area (Å²) in [6, 6.07) is 14.7. The van der Waals surface area contributed by atoms with Crippen LogP contribution < -0.4 is 0 Å². The van der Waals surface area contributed by atoms with Crippen molar-refractivity contribution < 1.29 is 0 Å². The number of nitrogens with zero attached hydrogens (tertiary/aromatic N) is 2. The zero-order valence-corrected chi connectivity index (χ0v) is 15.5. The van der Waals surface area contributed by atoms with Crippen molar-refractivity contribution in [3.63, 3.8) is 0 Å². The molecule has 1 aliphatic rings. The van der Waals surface area contributed by atoms with Crippen LogP contribution in [0.3, 0.4) is 0 Å². The van der Waals surface area contributed by atoms with Crippen LogP contribution in [0.1, 0.15) is 17.5 Å². The molecule has 0 N–H and O–H groups in total. The van der Waals surface area contributed by atoms with Gasteiger partial charge in [0.15, 0.2) is 0 Å². The highest BCUT2D eigenvalue weighted by Crippen LogP contribution is 2.31. The van der Waals surface area contributed by atoms with E-state index in [1.165, 1.54) is 55.8 Å². The molecule has 0 aliphatic carbocycles. The number of benzene rings is 2. The van der Waals surface area contributed by atoms with E-state index in [9.17, 15) is 0 Å². The van der Waals surface area contributed by atoms with Crippen molar-refractivity contribution in [2.45, 2.75) is 19.8 Å². The minimum atomic E-state index is 0.829. The van der Waals surface area contributed by atoms with Crippen LogP contribution in [-0.4, -0.2) is 49.6 Å². The first-order valence-electron chi connectivity index (χ1n) is 8.89. The number of hydrogen-bond acceptors (Lipinski definition) is 2. The molecule has 1 aliphatic heterocycles. The predicted molar refractivity (Wildman–Crippen MR) is 104 cm³/mol. The van der Waals surface area contributed by atoms with Gasteiger partial charge in [-0.25, -0.2) is 0 Å². The van der Waals surface area contributed by atoms with E-state index >= 15 is 0 Å². The fourth-order valence-electron chi connectivity index (χ4n) is 3.49. The Bertz CT molecular complexity index is 675. The number of halogens is 1. The van der Waals surface area contributed by atoms with Crippen molar-refractivity contribution in [3.8, 4) is 11.1 Å². The molecule has 3 rings (SSSR count). The third-order valence-electron chi connectivity index (χ3n) is 5.13. The maximum absolute atomic E-state index is 6.39.